The Labute approximate surface area is 76.2 Å². The predicted molar refractivity (Wildman–Crippen MR) is 42.8 cm³/mol. The number of benzene rings is 1. The zero-order valence-corrected chi connectivity index (χ0v) is 6.76. The van der Waals surface area contributed by atoms with E-state index in [0.29, 0.717) is 0 Å². The van der Waals surface area contributed by atoms with E-state index in [0.717, 1.165) is 0 Å². The van der Waals surface area contributed by atoms with Crippen LogP contribution in [0.15, 0.2) is 18.2 Å². The van der Waals surface area contributed by atoms with Gasteiger partial charge in [0, 0.05) is 5.39 Å². The van der Waals surface area contributed by atoms with Crippen LogP contribution in [0.4, 0.5) is 13.2 Å². The second-order valence-corrected chi connectivity index (χ2v) is 2.77. The molecule has 74 valence electrons. The van der Waals surface area contributed by atoms with E-state index in [1.165, 1.54) is 18.2 Å². The van der Waals surface area contributed by atoms with Crippen LogP contribution in [-0.2, 0) is 6.18 Å². The van der Waals surface area contributed by atoms with E-state index in [2.05, 4.69) is 5.10 Å². The number of para-hydroxylation sites is 1. The molecule has 0 atom stereocenters. The van der Waals surface area contributed by atoms with Crippen molar-refractivity contribution in [3.63, 3.8) is 0 Å². The number of aromatic nitrogens is 2. The van der Waals surface area contributed by atoms with Crippen LogP contribution in [0.3, 0.4) is 0 Å². The maximum atomic E-state index is 12.3. The Kier molecular flexibility index (Phi) is 1.67. The second-order valence-electron chi connectivity index (χ2n) is 2.77. The number of phenols is 1. The lowest BCUT2D eigenvalue weighted by Crippen LogP contribution is -2.05. The van der Waals surface area contributed by atoms with Crippen LogP contribution < -0.4 is 0 Å². The SMILES string of the molecule is Oc1cccc2c(C(F)(F)F)[nH]nc12. The molecule has 0 radical (unpaired) electrons. The molecule has 1 aromatic carbocycles. The number of hydrogen-bond donors (Lipinski definition) is 2. The standard InChI is InChI=1S/C8H5F3N2O/c9-8(10,11)7-4-2-1-3-5(14)6(4)12-13-7/h1-3,14H,(H,12,13). The number of nitrogens with one attached hydrogen (secondary N) is 1. The Morgan fingerprint density at radius 2 is 2.00 bits per heavy atom. The number of halogens is 3. The van der Waals surface area contributed by atoms with Crippen molar-refractivity contribution in [2.24, 2.45) is 0 Å². The first-order chi connectivity index (χ1) is 6.50. The van der Waals surface area contributed by atoms with Crippen molar-refractivity contribution in [2.75, 3.05) is 0 Å². The van der Waals surface area contributed by atoms with Gasteiger partial charge in [-0.05, 0) is 6.07 Å². The average Bonchev–Trinajstić information content (AvgIpc) is 2.47. The van der Waals surface area contributed by atoms with Gasteiger partial charge < -0.3 is 5.11 Å². The molecule has 0 amide bonds. The zero-order valence-electron chi connectivity index (χ0n) is 6.76. The minimum Gasteiger partial charge on any atom is -0.506 e. The average molecular weight is 202 g/mol. The number of phenolic OH excluding ortho intramolecular Hbond substituents is 1. The summed E-state index contributed by atoms with van der Waals surface area (Å²) in [6.45, 7) is 0. The monoisotopic (exact) mass is 202 g/mol. The molecular weight excluding hydrogens is 197 g/mol. The minimum atomic E-state index is -4.48. The van der Waals surface area contributed by atoms with Crippen molar-refractivity contribution in [1.29, 1.82) is 0 Å². The van der Waals surface area contributed by atoms with Crippen molar-refractivity contribution in [3.8, 4) is 5.75 Å². The van der Waals surface area contributed by atoms with Crippen LogP contribution in [0, 0.1) is 0 Å². The van der Waals surface area contributed by atoms with E-state index in [-0.39, 0.29) is 16.7 Å². The molecular formula is C8H5F3N2O. The fourth-order valence-corrected chi connectivity index (χ4v) is 1.24. The van der Waals surface area contributed by atoms with Crippen molar-refractivity contribution in [1.82, 2.24) is 10.2 Å². The highest BCUT2D eigenvalue weighted by atomic mass is 19.4. The first kappa shape index (κ1) is 8.86. The Hall–Kier alpha value is -1.72. The summed E-state index contributed by atoms with van der Waals surface area (Å²) < 4.78 is 37.0. The van der Waals surface area contributed by atoms with Gasteiger partial charge in [0.25, 0.3) is 0 Å². The summed E-state index contributed by atoms with van der Waals surface area (Å²) in [7, 11) is 0. The number of hydrogen-bond acceptors (Lipinski definition) is 2. The molecule has 0 aliphatic rings. The smallest absolute Gasteiger partial charge is 0.433 e. The first-order valence-electron chi connectivity index (χ1n) is 3.73. The number of aromatic hydroxyl groups is 1. The molecule has 1 heterocycles. The molecule has 14 heavy (non-hydrogen) atoms. The highest BCUT2D eigenvalue weighted by Crippen LogP contribution is 2.35. The van der Waals surface area contributed by atoms with Gasteiger partial charge in [-0.3, -0.25) is 5.10 Å². The third-order valence-corrected chi connectivity index (χ3v) is 1.85. The molecule has 6 heteroatoms. The maximum Gasteiger partial charge on any atom is 0.433 e. The van der Waals surface area contributed by atoms with E-state index in [1.807, 2.05) is 5.10 Å². The summed E-state index contributed by atoms with van der Waals surface area (Å²) >= 11 is 0. The molecule has 2 N–H and O–H groups in total. The van der Waals surface area contributed by atoms with Gasteiger partial charge >= 0.3 is 6.18 Å². The Balaban J connectivity index is 2.76. The molecule has 1 aromatic heterocycles. The van der Waals surface area contributed by atoms with Crippen LogP contribution in [-0.4, -0.2) is 15.3 Å². The molecule has 2 aromatic rings. The minimum absolute atomic E-state index is 0.0696. The molecule has 0 saturated carbocycles. The molecule has 0 bridgehead atoms. The number of rotatable bonds is 0. The van der Waals surface area contributed by atoms with Crippen molar-refractivity contribution in [3.05, 3.63) is 23.9 Å². The quantitative estimate of drug-likeness (QED) is 0.688. The number of alkyl halides is 3. The molecule has 0 spiro atoms. The summed E-state index contributed by atoms with van der Waals surface area (Å²) in [6.07, 6.45) is -4.48. The van der Waals surface area contributed by atoms with E-state index in [9.17, 15) is 18.3 Å². The summed E-state index contributed by atoms with van der Waals surface area (Å²) in [4.78, 5) is 0. The third-order valence-electron chi connectivity index (χ3n) is 1.85. The maximum absolute atomic E-state index is 12.3. The summed E-state index contributed by atoms with van der Waals surface area (Å²) in [5.41, 5.74) is -1.01. The van der Waals surface area contributed by atoms with Gasteiger partial charge in [-0.1, -0.05) is 12.1 Å². The van der Waals surface area contributed by atoms with E-state index in [1.54, 1.807) is 0 Å². The fraction of sp³-hybridized carbons (Fsp3) is 0.125. The molecule has 0 fully saturated rings. The van der Waals surface area contributed by atoms with Gasteiger partial charge in [-0.15, -0.1) is 0 Å². The van der Waals surface area contributed by atoms with Crippen LogP contribution in [0.25, 0.3) is 10.9 Å². The van der Waals surface area contributed by atoms with Crippen LogP contribution in [0.5, 0.6) is 5.75 Å². The normalized spacial score (nSPS) is 12.2. The van der Waals surface area contributed by atoms with Gasteiger partial charge in [-0.2, -0.15) is 18.3 Å². The van der Waals surface area contributed by atoms with Gasteiger partial charge in [0.2, 0.25) is 0 Å². The topological polar surface area (TPSA) is 48.9 Å². The number of H-pyrrole nitrogens is 1. The van der Waals surface area contributed by atoms with Gasteiger partial charge in [0.15, 0.2) is 0 Å². The molecule has 0 aliphatic carbocycles. The van der Waals surface area contributed by atoms with Crippen LogP contribution in [0.2, 0.25) is 0 Å². The largest absolute Gasteiger partial charge is 0.506 e. The fourth-order valence-electron chi connectivity index (χ4n) is 1.24. The highest BCUT2D eigenvalue weighted by Gasteiger charge is 2.35. The Morgan fingerprint density at radius 1 is 1.29 bits per heavy atom. The Bertz CT molecular complexity index is 475. The number of nitrogens with zero attached hydrogens (tertiary/aromatic N) is 1. The molecule has 0 aliphatic heterocycles. The summed E-state index contributed by atoms with van der Waals surface area (Å²) in [5, 5.41) is 14.3. The number of aromatic amines is 1. The molecule has 2 rings (SSSR count). The number of fused-ring (bicyclic) bond motifs is 1. The predicted octanol–water partition coefficient (Wildman–Crippen LogP) is 2.29. The van der Waals surface area contributed by atoms with Crippen molar-refractivity contribution >= 4 is 10.9 Å². The van der Waals surface area contributed by atoms with Crippen LogP contribution >= 0.6 is 0 Å². The lowest BCUT2D eigenvalue weighted by Gasteiger charge is -2.02. The van der Waals surface area contributed by atoms with E-state index in [4.69, 9.17) is 0 Å². The van der Waals surface area contributed by atoms with Gasteiger partial charge in [0.05, 0.1) is 0 Å². The second kappa shape index (κ2) is 2.63. The zero-order chi connectivity index (χ0) is 10.3. The summed E-state index contributed by atoms with van der Waals surface area (Å²) in [5.74, 6) is -0.269. The van der Waals surface area contributed by atoms with Crippen LogP contribution in [0.1, 0.15) is 5.69 Å². The molecule has 3 nitrogen and oxygen atoms in total. The lowest BCUT2D eigenvalue weighted by atomic mass is 10.2. The Morgan fingerprint density at radius 3 is 2.64 bits per heavy atom. The lowest BCUT2D eigenvalue weighted by molar-refractivity contribution is -0.139. The van der Waals surface area contributed by atoms with Crippen molar-refractivity contribution in [2.45, 2.75) is 6.18 Å². The first-order valence-corrected chi connectivity index (χ1v) is 3.73. The van der Waals surface area contributed by atoms with Gasteiger partial charge in [-0.25, -0.2) is 0 Å². The van der Waals surface area contributed by atoms with Crippen molar-refractivity contribution < 1.29 is 18.3 Å². The van der Waals surface area contributed by atoms with Gasteiger partial charge in [0.1, 0.15) is 17.0 Å². The third kappa shape index (κ3) is 1.19. The van der Waals surface area contributed by atoms with E-state index >= 15 is 0 Å². The molecule has 0 saturated heterocycles. The summed E-state index contributed by atoms with van der Waals surface area (Å²) in [6, 6.07) is 3.87. The van der Waals surface area contributed by atoms with E-state index < -0.39 is 11.9 Å². The highest BCUT2D eigenvalue weighted by molar-refractivity contribution is 5.86. The molecule has 0 unspecified atom stereocenters.